The van der Waals surface area contributed by atoms with E-state index < -0.39 is 0 Å². The van der Waals surface area contributed by atoms with E-state index in [1.807, 2.05) is 43.3 Å². The molecule has 0 amide bonds. The van der Waals surface area contributed by atoms with Crippen LogP contribution in [0.4, 0.5) is 0 Å². The van der Waals surface area contributed by atoms with Crippen LogP contribution in [0, 0.1) is 6.92 Å². The quantitative estimate of drug-likeness (QED) is 0.409. The molecule has 0 aliphatic heterocycles. The van der Waals surface area contributed by atoms with E-state index in [1.165, 1.54) is 33.6 Å². The fourth-order valence-electron chi connectivity index (χ4n) is 2.90. The highest BCUT2D eigenvalue weighted by molar-refractivity contribution is 9.11. The lowest BCUT2D eigenvalue weighted by atomic mass is 10.0. The molecule has 1 aromatic carbocycles. The van der Waals surface area contributed by atoms with Gasteiger partial charge < -0.3 is 0 Å². The number of hydrogen-bond acceptors (Lipinski definition) is 5. The average molecular weight is 445 g/mol. The van der Waals surface area contributed by atoms with Gasteiger partial charge in [0.1, 0.15) is 4.83 Å². The van der Waals surface area contributed by atoms with E-state index in [1.54, 1.807) is 6.07 Å². The first-order valence-corrected chi connectivity index (χ1v) is 10.3. The van der Waals surface area contributed by atoms with E-state index in [0.29, 0.717) is 15.1 Å². The van der Waals surface area contributed by atoms with Crippen LogP contribution >= 0.6 is 38.6 Å². The number of rotatable bonds is 4. The lowest BCUT2D eigenvalue weighted by Crippen LogP contribution is -2.24. The summed E-state index contributed by atoms with van der Waals surface area (Å²) < 4.78 is 2.29. The molecular weight excluding hydrogens is 432 g/mol. The Hall–Kier alpha value is -2.09. The van der Waals surface area contributed by atoms with Crippen molar-refractivity contribution >= 4 is 54.6 Å². The number of fused-ring (bicyclic) bond motifs is 1. The summed E-state index contributed by atoms with van der Waals surface area (Å²) in [5.41, 5.74) is 1.72. The molecular formula is C19H13BrN2O2S2. The number of aryl methyl sites for hydroxylation is 1. The number of nitrogens with zero attached hydrogens (tertiary/aromatic N) is 2. The molecule has 130 valence electrons. The van der Waals surface area contributed by atoms with Gasteiger partial charge in [-0.05, 0) is 40.5 Å². The lowest BCUT2D eigenvalue weighted by molar-refractivity contribution is 0.0974. The third-order valence-electron chi connectivity index (χ3n) is 4.08. The molecule has 0 aliphatic rings. The van der Waals surface area contributed by atoms with Crippen LogP contribution in [-0.2, 0) is 6.54 Å². The molecule has 0 atom stereocenters. The zero-order chi connectivity index (χ0) is 18.3. The summed E-state index contributed by atoms with van der Waals surface area (Å²) in [4.78, 5) is 32.3. The number of ketones is 1. The molecule has 0 bridgehead atoms. The first-order valence-electron chi connectivity index (χ1n) is 7.87. The van der Waals surface area contributed by atoms with E-state index in [4.69, 9.17) is 0 Å². The van der Waals surface area contributed by atoms with Gasteiger partial charge in [0.25, 0.3) is 5.56 Å². The minimum atomic E-state index is -0.179. The van der Waals surface area contributed by atoms with Crippen molar-refractivity contribution in [3.63, 3.8) is 0 Å². The van der Waals surface area contributed by atoms with E-state index in [2.05, 4.69) is 20.9 Å². The smallest absolute Gasteiger partial charge is 0.263 e. The van der Waals surface area contributed by atoms with Crippen LogP contribution < -0.4 is 5.56 Å². The Kier molecular flexibility index (Phi) is 4.60. The van der Waals surface area contributed by atoms with Crippen molar-refractivity contribution in [3.8, 4) is 11.1 Å². The zero-order valence-corrected chi connectivity index (χ0v) is 17.0. The maximum Gasteiger partial charge on any atom is 0.263 e. The third kappa shape index (κ3) is 3.06. The number of carbonyl (C=O) groups excluding carboxylic acids is 1. The Bertz CT molecular complexity index is 1180. The molecule has 4 aromatic rings. The number of hydrogen-bond donors (Lipinski definition) is 0. The molecule has 0 radical (unpaired) electrons. The summed E-state index contributed by atoms with van der Waals surface area (Å²) in [6.45, 7) is 1.98. The van der Waals surface area contributed by atoms with E-state index >= 15 is 0 Å². The van der Waals surface area contributed by atoms with Gasteiger partial charge in [-0.3, -0.25) is 14.2 Å². The van der Waals surface area contributed by atoms with Crippen molar-refractivity contribution in [1.82, 2.24) is 9.55 Å². The number of thiophene rings is 2. The number of halogens is 1. The van der Waals surface area contributed by atoms with Gasteiger partial charge in [0.05, 0.1) is 26.9 Å². The average Bonchev–Trinajstić information content (AvgIpc) is 3.21. The van der Waals surface area contributed by atoms with E-state index in [9.17, 15) is 9.59 Å². The number of aromatic nitrogens is 2. The van der Waals surface area contributed by atoms with Gasteiger partial charge in [-0.1, -0.05) is 30.3 Å². The van der Waals surface area contributed by atoms with Crippen LogP contribution in [0.25, 0.3) is 21.3 Å². The molecule has 4 nitrogen and oxygen atoms in total. The van der Waals surface area contributed by atoms with Gasteiger partial charge in [-0.2, -0.15) is 0 Å². The zero-order valence-electron chi connectivity index (χ0n) is 13.7. The lowest BCUT2D eigenvalue weighted by Gasteiger charge is -2.05. The first kappa shape index (κ1) is 17.3. The molecule has 0 saturated carbocycles. The molecule has 3 aromatic heterocycles. The van der Waals surface area contributed by atoms with Crippen LogP contribution in [-0.4, -0.2) is 15.3 Å². The second-order valence-electron chi connectivity index (χ2n) is 5.78. The Morgan fingerprint density at radius 1 is 1.15 bits per heavy atom. The second-order valence-corrected chi connectivity index (χ2v) is 9.45. The highest BCUT2D eigenvalue weighted by Gasteiger charge is 2.18. The Balaban J connectivity index is 1.82. The predicted octanol–water partition coefficient (Wildman–Crippen LogP) is 5.14. The molecule has 0 saturated heterocycles. The van der Waals surface area contributed by atoms with Crippen LogP contribution in [0.15, 0.2) is 57.4 Å². The molecule has 7 heteroatoms. The maximum atomic E-state index is 13.1. The molecule has 0 fully saturated rings. The van der Waals surface area contributed by atoms with Crippen LogP contribution in [0.1, 0.15) is 14.5 Å². The highest BCUT2D eigenvalue weighted by atomic mass is 79.9. The van der Waals surface area contributed by atoms with Gasteiger partial charge in [0.15, 0.2) is 5.78 Å². The Labute approximate surface area is 165 Å². The summed E-state index contributed by atoms with van der Waals surface area (Å²) in [7, 11) is 0. The minimum Gasteiger partial charge on any atom is -0.291 e. The van der Waals surface area contributed by atoms with Gasteiger partial charge in [-0.15, -0.1) is 22.7 Å². The highest BCUT2D eigenvalue weighted by Crippen LogP contribution is 2.35. The van der Waals surface area contributed by atoms with Crippen molar-refractivity contribution in [2.24, 2.45) is 0 Å². The van der Waals surface area contributed by atoms with Crippen LogP contribution in [0.5, 0.6) is 0 Å². The van der Waals surface area contributed by atoms with E-state index in [-0.39, 0.29) is 17.9 Å². The first-order chi connectivity index (χ1) is 12.5. The SMILES string of the molecule is Cc1sc2ncn(CC(=O)c3ccc(Br)s3)c(=O)c2c1-c1ccccc1. The van der Waals surface area contributed by atoms with Gasteiger partial charge in [0.2, 0.25) is 0 Å². The standard InChI is InChI=1S/C19H13BrN2O2S2/c1-11-16(12-5-3-2-4-6-12)17-18(25-11)21-10-22(19(17)24)9-13(23)14-7-8-15(20)26-14/h2-8,10H,9H2,1H3. The topological polar surface area (TPSA) is 52.0 Å². The monoisotopic (exact) mass is 444 g/mol. The minimum absolute atomic E-state index is 0.0160. The summed E-state index contributed by atoms with van der Waals surface area (Å²) in [6, 6.07) is 13.4. The molecule has 0 aliphatic carbocycles. The normalized spacial score (nSPS) is 11.2. The molecule has 0 N–H and O–H groups in total. The largest absolute Gasteiger partial charge is 0.291 e. The van der Waals surface area contributed by atoms with Crippen molar-refractivity contribution in [1.29, 1.82) is 0 Å². The van der Waals surface area contributed by atoms with Gasteiger partial charge in [0, 0.05) is 10.4 Å². The third-order valence-corrected chi connectivity index (χ3v) is 6.76. The second kappa shape index (κ2) is 6.90. The summed E-state index contributed by atoms with van der Waals surface area (Å²) in [5, 5.41) is 0.585. The fraction of sp³-hybridized carbons (Fsp3) is 0.105. The molecule has 0 spiro atoms. The Morgan fingerprint density at radius 2 is 1.92 bits per heavy atom. The molecule has 3 heterocycles. The van der Waals surface area contributed by atoms with Crippen LogP contribution in [0.2, 0.25) is 0 Å². The Morgan fingerprint density at radius 3 is 2.62 bits per heavy atom. The molecule has 26 heavy (non-hydrogen) atoms. The summed E-state index contributed by atoms with van der Waals surface area (Å²) in [5.74, 6) is -0.0998. The molecule has 4 rings (SSSR count). The van der Waals surface area contributed by atoms with Crippen molar-refractivity contribution in [3.05, 3.63) is 72.7 Å². The van der Waals surface area contributed by atoms with Crippen molar-refractivity contribution < 1.29 is 4.79 Å². The van der Waals surface area contributed by atoms with Crippen LogP contribution in [0.3, 0.4) is 0 Å². The molecule has 0 unspecified atom stereocenters. The maximum absolute atomic E-state index is 13.1. The predicted molar refractivity (Wildman–Crippen MR) is 110 cm³/mol. The van der Waals surface area contributed by atoms with E-state index in [0.717, 1.165) is 19.8 Å². The van der Waals surface area contributed by atoms with Gasteiger partial charge in [-0.25, -0.2) is 4.98 Å². The summed E-state index contributed by atoms with van der Waals surface area (Å²) >= 11 is 6.22. The fourth-order valence-corrected chi connectivity index (χ4v) is 5.22. The van der Waals surface area contributed by atoms with Crippen molar-refractivity contribution in [2.45, 2.75) is 13.5 Å². The van der Waals surface area contributed by atoms with Gasteiger partial charge >= 0.3 is 0 Å². The van der Waals surface area contributed by atoms with Crippen molar-refractivity contribution in [2.75, 3.05) is 0 Å². The number of carbonyl (C=O) groups is 1. The number of benzene rings is 1. The number of Topliss-reactive ketones (excluding diaryl/α,β-unsaturated/α-hetero) is 1. The summed E-state index contributed by atoms with van der Waals surface area (Å²) in [6.07, 6.45) is 1.47.